The monoisotopic (exact) mass is 209 g/mol. The molecule has 0 radical (unpaired) electrons. The lowest BCUT2D eigenvalue weighted by Gasteiger charge is -2.02. The third-order valence-corrected chi connectivity index (χ3v) is 3.62. The van der Waals surface area contributed by atoms with Gasteiger partial charge in [0.15, 0.2) is 0 Å². The summed E-state index contributed by atoms with van der Waals surface area (Å²) in [6.45, 7) is 0.606. The molecule has 2 aliphatic carbocycles. The highest BCUT2D eigenvalue weighted by Crippen LogP contribution is 2.52. The van der Waals surface area contributed by atoms with Crippen LogP contribution in [0.3, 0.4) is 0 Å². The number of allylic oxidation sites excluding steroid dienone is 2. The van der Waals surface area contributed by atoms with Gasteiger partial charge >= 0.3 is 6.09 Å². The maximum Gasteiger partial charge on any atom is 0.406 e. The normalized spacial score (nSPS) is 35.7. The Morgan fingerprint density at radius 2 is 1.93 bits per heavy atom. The number of hydrogen-bond acceptors (Lipinski definition) is 2. The van der Waals surface area contributed by atoms with Gasteiger partial charge in [-0.05, 0) is 43.4 Å². The number of alkyl carbamates (subject to hydrolysis) is 1. The van der Waals surface area contributed by atoms with Crippen molar-refractivity contribution >= 4 is 6.09 Å². The summed E-state index contributed by atoms with van der Waals surface area (Å²) in [5.74, 6) is 2.24. The predicted molar refractivity (Wildman–Crippen MR) is 58.5 cm³/mol. The fourth-order valence-corrected chi connectivity index (χ4v) is 2.69. The zero-order valence-corrected chi connectivity index (χ0v) is 9.24. The van der Waals surface area contributed by atoms with Crippen molar-refractivity contribution in [2.75, 3.05) is 13.7 Å². The van der Waals surface area contributed by atoms with E-state index in [2.05, 4.69) is 17.5 Å². The summed E-state index contributed by atoms with van der Waals surface area (Å²) in [5, 5.41) is 2.48. The highest BCUT2D eigenvalue weighted by atomic mass is 16.5. The molecule has 1 amide bonds. The lowest BCUT2D eigenvalue weighted by atomic mass is 10.1. The molecule has 0 bridgehead atoms. The largest absolute Gasteiger partial charge is 0.449 e. The molecule has 84 valence electrons. The van der Waals surface area contributed by atoms with E-state index in [4.69, 9.17) is 4.74 Å². The number of hydrogen-bond donors (Lipinski definition) is 1. The van der Waals surface area contributed by atoms with E-state index in [1.165, 1.54) is 25.7 Å². The number of amides is 1. The van der Waals surface area contributed by atoms with E-state index in [0.29, 0.717) is 12.5 Å². The first-order valence-electron chi connectivity index (χ1n) is 5.82. The lowest BCUT2D eigenvalue weighted by molar-refractivity contribution is 0.139. The summed E-state index contributed by atoms with van der Waals surface area (Å²) in [6.07, 6.45) is 9.18. The molecule has 3 atom stereocenters. The number of ether oxygens (including phenoxy) is 1. The number of carbonyl (C=O) groups excluding carboxylic acids is 1. The van der Waals surface area contributed by atoms with Gasteiger partial charge in [-0.15, -0.1) is 0 Å². The zero-order valence-electron chi connectivity index (χ0n) is 9.24. The van der Waals surface area contributed by atoms with Gasteiger partial charge < -0.3 is 10.1 Å². The second-order valence-corrected chi connectivity index (χ2v) is 4.47. The van der Waals surface area contributed by atoms with Crippen LogP contribution in [0.1, 0.15) is 25.7 Å². The number of fused-ring (bicyclic) bond motifs is 1. The molecule has 0 aromatic rings. The topological polar surface area (TPSA) is 38.3 Å². The van der Waals surface area contributed by atoms with Crippen LogP contribution in [0.4, 0.5) is 4.79 Å². The van der Waals surface area contributed by atoms with Crippen LogP contribution in [0.2, 0.25) is 0 Å². The molecule has 0 aromatic heterocycles. The molecule has 15 heavy (non-hydrogen) atoms. The Labute approximate surface area is 90.9 Å². The van der Waals surface area contributed by atoms with Crippen LogP contribution in [-0.4, -0.2) is 19.7 Å². The van der Waals surface area contributed by atoms with Gasteiger partial charge in [-0.2, -0.15) is 0 Å². The minimum atomic E-state index is -0.299. The van der Waals surface area contributed by atoms with Crippen LogP contribution in [0.25, 0.3) is 0 Å². The summed E-state index contributed by atoms with van der Waals surface area (Å²) < 4.78 is 5.12. The Kier molecular flexibility index (Phi) is 3.29. The molecule has 1 saturated carbocycles. The molecule has 3 nitrogen and oxygen atoms in total. The summed E-state index contributed by atoms with van der Waals surface area (Å²) in [4.78, 5) is 10.9. The van der Waals surface area contributed by atoms with Gasteiger partial charge in [-0.1, -0.05) is 12.2 Å². The van der Waals surface area contributed by atoms with Gasteiger partial charge in [0.05, 0.1) is 6.61 Å². The molecule has 1 unspecified atom stereocenters. The van der Waals surface area contributed by atoms with Crippen molar-refractivity contribution in [1.29, 1.82) is 0 Å². The van der Waals surface area contributed by atoms with Crippen molar-refractivity contribution in [1.82, 2.24) is 5.32 Å². The maximum atomic E-state index is 10.9. The van der Waals surface area contributed by atoms with Crippen molar-refractivity contribution in [2.24, 2.45) is 17.8 Å². The molecule has 0 heterocycles. The molecule has 2 aliphatic rings. The van der Waals surface area contributed by atoms with E-state index < -0.39 is 0 Å². The minimum Gasteiger partial charge on any atom is -0.449 e. The van der Waals surface area contributed by atoms with Crippen LogP contribution >= 0.6 is 0 Å². The highest BCUT2D eigenvalue weighted by molar-refractivity contribution is 5.66. The molecule has 0 spiro atoms. The van der Waals surface area contributed by atoms with Gasteiger partial charge in [-0.25, -0.2) is 4.79 Å². The standard InChI is InChI=1S/C12H19NO2/c1-13-12(14)15-8-11-9-6-4-2-3-5-7-10(9)11/h2-3,9-11H,4-8H2,1H3,(H,13,14)/b3-2-/t9-,10+,11?. The molecule has 0 saturated heterocycles. The van der Waals surface area contributed by atoms with Gasteiger partial charge in [0.1, 0.15) is 0 Å². The van der Waals surface area contributed by atoms with E-state index in [1.54, 1.807) is 7.05 Å². The fourth-order valence-electron chi connectivity index (χ4n) is 2.69. The number of nitrogens with one attached hydrogen (secondary N) is 1. The summed E-state index contributed by atoms with van der Waals surface area (Å²) in [5.41, 5.74) is 0. The second-order valence-electron chi connectivity index (χ2n) is 4.47. The van der Waals surface area contributed by atoms with Gasteiger partial charge in [0.25, 0.3) is 0 Å². The van der Waals surface area contributed by atoms with E-state index in [9.17, 15) is 4.79 Å². The van der Waals surface area contributed by atoms with E-state index in [1.807, 2.05) is 0 Å². The average Bonchev–Trinajstić information content (AvgIpc) is 2.85. The molecule has 1 N–H and O–H groups in total. The second kappa shape index (κ2) is 4.69. The third kappa shape index (κ3) is 2.52. The first kappa shape index (κ1) is 10.5. The van der Waals surface area contributed by atoms with Crippen molar-refractivity contribution in [3.63, 3.8) is 0 Å². The van der Waals surface area contributed by atoms with Crippen molar-refractivity contribution in [3.8, 4) is 0 Å². The third-order valence-electron chi connectivity index (χ3n) is 3.62. The van der Waals surface area contributed by atoms with E-state index in [-0.39, 0.29) is 6.09 Å². The Balaban J connectivity index is 1.75. The van der Waals surface area contributed by atoms with Crippen molar-refractivity contribution < 1.29 is 9.53 Å². The first-order valence-corrected chi connectivity index (χ1v) is 5.82. The molecule has 0 aromatic carbocycles. The zero-order chi connectivity index (χ0) is 10.7. The Hall–Kier alpha value is -0.990. The Morgan fingerprint density at radius 1 is 1.33 bits per heavy atom. The highest BCUT2D eigenvalue weighted by Gasteiger charge is 2.49. The molecular formula is C12H19NO2. The van der Waals surface area contributed by atoms with Crippen LogP contribution in [-0.2, 0) is 4.74 Å². The Morgan fingerprint density at radius 3 is 2.47 bits per heavy atom. The van der Waals surface area contributed by atoms with Crippen molar-refractivity contribution in [3.05, 3.63) is 12.2 Å². The minimum absolute atomic E-state index is 0.299. The maximum absolute atomic E-state index is 10.9. The van der Waals surface area contributed by atoms with Crippen LogP contribution < -0.4 is 5.32 Å². The SMILES string of the molecule is CNC(=O)OCC1[C@H]2CC/C=C\CC[C@@H]12. The van der Waals surface area contributed by atoms with Gasteiger partial charge in [-0.3, -0.25) is 0 Å². The number of rotatable bonds is 2. The molecule has 1 fully saturated rings. The quantitative estimate of drug-likeness (QED) is 0.709. The average molecular weight is 209 g/mol. The van der Waals surface area contributed by atoms with Gasteiger partial charge in [0.2, 0.25) is 0 Å². The first-order chi connectivity index (χ1) is 7.33. The van der Waals surface area contributed by atoms with Crippen LogP contribution in [0.5, 0.6) is 0 Å². The number of carbonyl (C=O) groups is 1. The lowest BCUT2D eigenvalue weighted by Crippen LogP contribution is -2.20. The molecule has 0 aliphatic heterocycles. The van der Waals surface area contributed by atoms with Crippen molar-refractivity contribution in [2.45, 2.75) is 25.7 Å². The Bertz CT molecular complexity index is 246. The van der Waals surface area contributed by atoms with E-state index in [0.717, 1.165) is 11.8 Å². The molecule has 3 heteroatoms. The summed E-state index contributed by atoms with van der Waals surface area (Å²) in [7, 11) is 1.60. The van der Waals surface area contributed by atoms with Crippen LogP contribution in [0.15, 0.2) is 12.2 Å². The summed E-state index contributed by atoms with van der Waals surface area (Å²) >= 11 is 0. The molecule has 2 rings (SSSR count). The summed E-state index contributed by atoms with van der Waals surface area (Å²) in [6, 6.07) is 0. The van der Waals surface area contributed by atoms with E-state index >= 15 is 0 Å². The molecular weight excluding hydrogens is 190 g/mol. The predicted octanol–water partition coefficient (Wildman–Crippen LogP) is 2.33. The van der Waals surface area contributed by atoms with Crippen LogP contribution in [0, 0.1) is 17.8 Å². The smallest absolute Gasteiger partial charge is 0.406 e. The fraction of sp³-hybridized carbons (Fsp3) is 0.750. The van der Waals surface area contributed by atoms with Gasteiger partial charge in [0, 0.05) is 7.05 Å².